The minimum absolute atomic E-state index is 0.216. The lowest BCUT2D eigenvalue weighted by Gasteiger charge is -2.44. The predicted molar refractivity (Wildman–Crippen MR) is 117 cm³/mol. The second-order valence-electron chi connectivity index (χ2n) is 10.8. The monoisotopic (exact) mass is 406 g/mol. The second-order valence-corrected chi connectivity index (χ2v) is 10.8. The topological polar surface area (TPSA) is 69.9 Å². The van der Waals surface area contributed by atoms with Crippen LogP contribution >= 0.6 is 0 Å². The smallest absolute Gasteiger partial charge is 0.0613 e. The Morgan fingerprint density at radius 2 is 1.86 bits per heavy atom. The Morgan fingerprint density at radius 3 is 2.52 bits per heavy atom. The average molecular weight is 407 g/mol. The number of rotatable bonds is 6. The number of aliphatic hydroxyl groups excluding tert-OH is 2. The molecule has 3 saturated carbocycles. The normalized spacial score (nSPS) is 38.2. The van der Waals surface area contributed by atoms with Gasteiger partial charge in [0, 0.05) is 6.61 Å². The Bertz CT molecular complexity index is 605. The van der Waals surface area contributed by atoms with E-state index in [1.54, 1.807) is 5.57 Å². The second kappa shape index (κ2) is 9.21. The first kappa shape index (κ1) is 23.0. The molecule has 3 aliphatic carbocycles. The van der Waals surface area contributed by atoms with Gasteiger partial charge < -0.3 is 20.1 Å². The summed E-state index contributed by atoms with van der Waals surface area (Å²) < 4.78 is 6.18. The maximum absolute atomic E-state index is 9.94. The molecule has 3 N–H and O–H groups in total. The minimum Gasteiger partial charge on any atom is -0.393 e. The van der Waals surface area contributed by atoms with E-state index in [2.05, 4.69) is 26.0 Å². The summed E-state index contributed by atoms with van der Waals surface area (Å²) in [6.07, 6.45) is 12.5. The van der Waals surface area contributed by atoms with Crippen molar-refractivity contribution in [3.8, 4) is 0 Å². The molecule has 0 unspecified atom stereocenters. The summed E-state index contributed by atoms with van der Waals surface area (Å²) in [5.41, 5.74) is 2.33. The van der Waals surface area contributed by atoms with Gasteiger partial charge in [-0.3, -0.25) is 0 Å². The molecule has 0 aromatic rings. The highest BCUT2D eigenvalue weighted by Crippen LogP contribution is 2.58. The van der Waals surface area contributed by atoms with Gasteiger partial charge in [0.05, 0.1) is 23.9 Å². The van der Waals surface area contributed by atoms with Crippen LogP contribution in [0.25, 0.3) is 0 Å². The zero-order valence-corrected chi connectivity index (χ0v) is 18.9. The Balaban J connectivity index is 1.66. The summed E-state index contributed by atoms with van der Waals surface area (Å²) in [6.45, 7) is 8.96. The predicted octanol–water partition coefficient (Wildman–Crippen LogP) is 4.53. The SMILES string of the molecule is C[C@@H](OCCC(C)(C)O)[C@H]1CC[C@H]2/C(=C/C=C3C[C@@H](O)C[C@H](O)C3)CCC[C@]12C. The van der Waals surface area contributed by atoms with E-state index in [1.165, 1.54) is 31.3 Å². The zero-order valence-electron chi connectivity index (χ0n) is 18.9. The average Bonchev–Trinajstić information content (AvgIpc) is 2.95. The lowest BCUT2D eigenvalue weighted by Crippen LogP contribution is -2.39. The van der Waals surface area contributed by atoms with Crippen LogP contribution in [0.1, 0.15) is 85.5 Å². The van der Waals surface area contributed by atoms with Crippen molar-refractivity contribution in [1.82, 2.24) is 0 Å². The highest BCUT2D eigenvalue weighted by Gasteiger charge is 2.51. The molecule has 166 valence electrons. The van der Waals surface area contributed by atoms with Crippen molar-refractivity contribution in [3.63, 3.8) is 0 Å². The number of ether oxygens (including phenoxy) is 1. The van der Waals surface area contributed by atoms with Gasteiger partial charge in [0.25, 0.3) is 0 Å². The highest BCUT2D eigenvalue weighted by atomic mass is 16.5. The summed E-state index contributed by atoms with van der Waals surface area (Å²) in [7, 11) is 0. The van der Waals surface area contributed by atoms with Crippen LogP contribution in [-0.2, 0) is 4.74 Å². The number of aliphatic hydroxyl groups is 3. The number of hydrogen-bond acceptors (Lipinski definition) is 4. The van der Waals surface area contributed by atoms with Crippen LogP contribution in [0.5, 0.6) is 0 Å². The molecule has 6 atom stereocenters. The van der Waals surface area contributed by atoms with E-state index < -0.39 is 17.8 Å². The Kier molecular flexibility index (Phi) is 7.31. The molecule has 0 aromatic heterocycles. The van der Waals surface area contributed by atoms with E-state index in [0.717, 1.165) is 6.42 Å². The van der Waals surface area contributed by atoms with E-state index in [4.69, 9.17) is 4.74 Å². The van der Waals surface area contributed by atoms with Crippen LogP contribution < -0.4 is 0 Å². The van der Waals surface area contributed by atoms with Gasteiger partial charge >= 0.3 is 0 Å². The van der Waals surface area contributed by atoms with Gasteiger partial charge in [-0.05, 0) is 95.8 Å². The molecule has 0 amide bonds. The Morgan fingerprint density at radius 1 is 1.17 bits per heavy atom. The summed E-state index contributed by atoms with van der Waals surface area (Å²) in [5, 5.41) is 29.8. The first-order valence-electron chi connectivity index (χ1n) is 11.7. The first-order chi connectivity index (χ1) is 13.6. The maximum Gasteiger partial charge on any atom is 0.0613 e. The van der Waals surface area contributed by atoms with Crippen LogP contribution in [0, 0.1) is 17.3 Å². The molecule has 4 nitrogen and oxygen atoms in total. The summed E-state index contributed by atoms with van der Waals surface area (Å²) in [6, 6.07) is 0. The minimum atomic E-state index is -0.670. The summed E-state index contributed by atoms with van der Waals surface area (Å²) in [4.78, 5) is 0. The summed E-state index contributed by atoms with van der Waals surface area (Å²) >= 11 is 0. The van der Waals surface area contributed by atoms with Crippen molar-refractivity contribution < 1.29 is 20.1 Å². The van der Waals surface area contributed by atoms with Crippen molar-refractivity contribution in [1.29, 1.82) is 0 Å². The number of hydrogen-bond donors (Lipinski definition) is 3. The number of allylic oxidation sites excluding steroid dienone is 3. The third kappa shape index (κ3) is 5.72. The van der Waals surface area contributed by atoms with Crippen molar-refractivity contribution in [2.45, 2.75) is 109 Å². The molecular weight excluding hydrogens is 364 g/mol. The molecule has 0 aliphatic heterocycles. The van der Waals surface area contributed by atoms with Gasteiger partial charge in [-0.15, -0.1) is 0 Å². The molecule has 4 heteroatoms. The quantitative estimate of drug-likeness (QED) is 0.606. The molecule has 0 heterocycles. The molecule has 0 saturated heterocycles. The molecule has 3 fully saturated rings. The lowest BCUT2D eigenvalue weighted by molar-refractivity contribution is -0.0454. The van der Waals surface area contributed by atoms with E-state index in [0.29, 0.717) is 44.1 Å². The summed E-state index contributed by atoms with van der Waals surface area (Å²) in [5.74, 6) is 1.17. The fourth-order valence-electron chi connectivity index (χ4n) is 6.19. The fraction of sp³-hybridized carbons (Fsp3) is 0.840. The van der Waals surface area contributed by atoms with Gasteiger partial charge in [-0.25, -0.2) is 0 Å². The van der Waals surface area contributed by atoms with Gasteiger partial charge in [-0.1, -0.05) is 30.2 Å². The van der Waals surface area contributed by atoms with Crippen molar-refractivity contribution in [2.24, 2.45) is 17.3 Å². The third-order valence-electron chi connectivity index (χ3n) is 7.77. The van der Waals surface area contributed by atoms with Crippen molar-refractivity contribution in [2.75, 3.05) is 6.61 Å². The standard InChI is InChI=1S/C25H42O4/c1-17(29-13-12-24(2,3)28)22-9-10-23-19(6-5-11-25(22,23)4)8-7-18-14-20(26)16-21(27)15-18/h7-8,17,20-23,26-28H,5-6,9-16H2,1-4H3/b19-8+/t17-,20-,21-,22-,23+,25-/m1/s1. The third-order valence-corrected chi connectivity index (χ3v) is 7.77. The van der Waals surface area contributed by atoms with Crippen molar-refractivity contribution >= 4 is 0 Å². The molecule has 0 radical (unpaired) electrons. The molecule has 29 heavy (non-hydrogen) atoms. The molecule has 3 rings (SSSR count). The Labute approximate surface area is 177 Å². The van der Waals surface area contributed by atoms with E-state index in [9.17, 15) is 15.3 Å². The van der Waals surface area contributed by atoms with Gasteiger partial charge in [0.15, 0.2) is 0 Å². The van der Waals surface area contributed by atoms with Crippen LogP contribution in [-0.4, -0.2) is 45.8 Å². The van der Waals surface area contributed by atoms with E-state index in [1.807, 2.05) is 13.8 Å². The molecule has 0 spiro atoms. The van der Waals surface area contributed by atoms with E-state index in [-0.39, 0.29) is 11.5 Å². The molecule has 3 aliphatic rings. The largest absolute Gasteiger partial charge is 0.393 e. The first-order valence-corrected chi connectivity index (χ1v) is 11.7. The zero-order chi connectivity index (χ0) is 21.2. The maximum atomic E-state index is 9.94. The van der Waals surface area contributed by atoms with E-state index >= 15 is 0 Å². The lowest BCUT2D eigenvalue weighted by atomic mass is 9.62. The molecule has 0 bridgehead atoms. The van der Waals surface area contributed by atoms with Gasteiger partial charge in [0.1, 0.15) is 0 Å². The number of fused-ring (bicyclic) bond motifs is 1. The van der Waals surface area contributed by atoms with Crippen LogP contribution in [0.4, 0.5) is 0 Å². The van der Waals surface area contributed by atoms with Crippen LogP contribution in [0.15, 0.2) is 23.3 Å². The Hall–Kier alpha value is -0.680. The molecular formula is C25H42O4. The van der Waals surface area contributed by atoms with Gasteiger partial charge in [-0.2, -0.15) is 0 Å². The fourth-order valence-corrected chi connectivity index (χ4v) is 6.19. The van der Waals surface area contributed by atoms with Crippen LogP contribution in [0.3, 0.4) is 0 Å². The van der Waals surface area contributed by atoms with Crippen molar-refractivity contribution in [3.05, 3.63) is 23.3 Å². The highest BCUT2D eigenvalue weighted by molar-refractivity contribution is 5.26. The van der Waals surface area contributed by atoms with Gasteiger partial charge in [0.2, 0.25) is 0 Å². The molecule has 0 aromatic carbocycles. The van der Waals surface area contributed by atoms with Crippen LogP contribution in [0.2, 0.25) is 0 Å².